The summed E-state index contributed by atoms with van der Waals surface area (Å²) in [4.78, 5) is 40.9. The number of amides is 2. The molecule has 0 aromatic heterocycles. The van der Waals surface area contributed by atoms with Crippen molar-refractivity contribution in [2.45, 2.75) is 50.8 Å². The van der Waals surface area contributed by atoms with Crippen LogP contribution in [0, 0.1) is 0 Å². The number of nitrogens with two attached hydrogens (primary N) is 2. The lowest BCUT2D eigenvalue weighted by Gasteiger charge is -2.24. The number of carbonyl (C=O) groups excluding carboxylic acids is 3. The van der Waals surface area contributed by atoms with E-state index in [1.807, 2.05) is 0 Å². The molecule has 2 aliphatic rings. The molecule has 0 bridgehead atoms. The number of ether oxygens (including phenoxy) is 5. The minimum absolute atomic E-state index is 0.101. The van der Waals surface area contributed by atoms with Crippen molar-refractivity contribution in [3.8, 4) is 23.0 Å². The second-order valence-corrected chi connectivity index (χ2v) is 11.0. The van der Waals surface area contributed by atoms with Gasteiger partial charge in [0.2, 0.25) is 0 Å². The molecule has 2 aromatic carbocycles. The number of hydrogen-bond acceptors (Lipinski definition) is 12. The fourth-order valence-electron chi connectivity index (χ4n) is 5.71. The van der Waals surface area contributed by atoms with E-state index in [0.29, 0.717) is 42.4 Å². The van der Waals surface area contributed by atoms with E-state index >= 15 is 0 Å². The summed E-state index contributed by atoms with van der Waals surface area (Å²) in [6.45, 7) is 2.06. The molecule has 246 valence electrons. The molecular weight excluding hydrogens is 588 g/mol. The molecule has 4 rings (SSSR count). The first kappa shape index (κ1) is 33.5. The van der Waals surface area contributed by atoms with E-state index in [4.69, 9.17) is 35.2 Å². The molecule has 2 heterocycles. The van der Waals surface area contributed by atoms with Gasteiger partial charge in [-0.15, -0.1) is 0 Å². The van der Waals surface area contributed by atoms with Gasteiger partial charge in [0.25, 0.3) is 11.8 Å². The molecule has 14 nitrogen and oxygen atoms in total. The fraction of sp³-hybridized carbons (Fsp3) is 0.516. The molecule has 0 saturated carbocycles. The maximum Gasteiger partial charge on any atom is 0.302 e. The van der Waals surface area contributed by atoms with Gasteiger partial charge in [-0.25, -0.2) is 0 Å². The van der Waals surface area contributed by atoms with Gasteiger partial charge in [0, 0.05) is 49.8 Å². The van der Waals surface area contributed by atoms with Crippen LogP contribution in [0.1, 0.15) is 53.3 Å². The first-order valence-electron chi connectivity index (χ1n) is 14.8. The van der Waals surface area contributed by atoms with Crippen LogP contribution in [-0.4, -0.2) is 110 Å². The average Bonchev–Trinajstić information content (AvgIpc) is 3.67. The molecule has 14 heteroatoms. The van der Waals surface area contributed by atoms with Gasteiger partial charge in [-0.2, -0.15) is 0 Å². The molecule has 3 atom stereocenters. The van der Waals surface area contributed by atoms with Gasteiger partial charge in [-0.05, 0) is 25.0 Å². The Bertz CT molecular complexity index is 1390. The number of nitrogens with zero attached hydrogens (tertiary/aromatic N) is 2. The number of nitrogen functional groups attached to an aromatic ring is 2. The highest BCUT2D eigenvalue weighted by Gasteiger charge is 2.38. The standard InChI is InChI=1S/C31H42N4O10/c1-18(38)45-21-10-20(17-37)35(15-21)31(40)23-12-27(42-3)29(14-25(23)33)44-9-5-8-43-28-13-24(32)22(11-26(28)41-2)30(39)34-7-4-6-19(34)16-36/h11-14,19-21,36-37H,4-10,15-17,32-33H2,1-3H3/t19?,20-,21?/m0/s1. The van der Waals surface area contributed by atoms with Crippen molar-refractivity contribution in [2.24, 2.45) is 0 Å². The quantitative estimate of drug-likeness (QED) is 0.141. The Morgan fingerprint density at radius 1 is 0.822 bits per heavy atom. The molecule has 0 aliphatic carbocycles. The highest BCUT2D eigenvalue weighted by Crippen LogP contribution is 2.36. The van der Waals surface area contributed by atoms with Gasteiger partial charge < -0.3 is 55.2 Å². The number of esters is 1. The van der Waals surface area contributed by atoms with Crippen LogP contribution in [0.5, 0.6) is 23.0 Å². The highest BCUT2D eigenvalue weighted by atomic mass is 16.5. The Hall–Kier alpha value is -4.43. The molecule has 2 aliphatic heterocycles. The van der Waals surface area contributed by atoms with E-state index < -0.39 is 24.0 Å². The number of rotatable bonds is 13. The Morgan fingerprint density at radius 3 is 1.84 bits per heavy atom. The number of aliphatic hydroxyl groups is 2. The number of benzene rings is 2. The third-order valence-corrected chi connectivity index (χ3v) is 7.97. The van der Waals surface area contributed by atoms with Gasteiger partial charge in [0.1, 0.15) is 6.10 Å². The third kappa shape index (κ3) is 7.63. The number of aliphatic hydroxyl groups excluding tert-OH is 2. The molecule has 2 saturated heterocycles. The minimum Gasteiger partial charge on any atom is -0.493 e. The van der Waals surface area contributed by atoms with Crippen LogP contribution in [0.25, 0.3) is 0 Å². The Labute approximate surface area is 261 Å². The van der Waals surface area contributed by atoms with Crippen LogP contribution < -0.4 is 30.4 Å². The van der Waals surface area contributed by atoms with Gasteiger partial charge in [-0.1, -0.05) is 0 Å². The summed E-state index contributed by atoms with van der Waals surface area (Å²) in [6.07, 6.45) is 1.82. The largest absolute Gasteiger partial charge is 0.493 e. The van der Waals surface area contributed by atoms with E-state index in [0.717, 1.165) is 12.8 Å². The first-order valence-corrected chi connectivity index (χ1v) is 14.8. The molecule has 0 radical (unpaired) electrons. The maximum absolute atomic E-state index is 13.3. The zero-order chi connectivity index (χ0) is 32.7. The van der Waals surface area contributed by atoms with Gasteiger partial charge in [0.05, 0.1) is 70.4 Å². The van der Waals surface area contributed by atoms with Crippen LogP contribution in [0.2, 0.25) is 0 Å². The normalized spacial score (nSPS) is 19.4. The summed E-state index contributed by atoms with van der Waals surface area (Å²) >= 11 is 0. The second-order valence-electron chi connectivity index (χ2n) is 11.0. The van der Waals surface area contributed by atoms with E-state index in [2.05, 4.69) is 0 Å². The number of methoxy groups -OCH3 is 2. The maximum atomic E-state index is 13.3. The smallest absolute Gasteiger partial charge is 0.302 e. The summed E-state index contributed by atoms with van der Waals surface area (Å²) in [7, 11) is 2.91. The van der Waals surface area contributed by atoms with Crippen molar-refractivity contribution >= 4 is 29.2 Å². The molecule has 2 fully saturated rings. The molecule has 45 heavy (non-hydrogen) atoms. The fourth-order valence-corrected chi connectivity index (χ4v) is 5.71. The average molecular weight is 631 g/mol. The summed E-state index contributed by atoms with van der Waals surface area (Å²) in [6, 6.07) is 5.34. The number of carbonyl (C=O) groups is 3. The van der Waals surface area contributed by atoms with Gasteiger partial charge in [-0.3, -0.25) is 14.4 Å². The van der Waals surface area contributed by atoms with Gasteiger partial charge in [0.15, 0.2) is 23.0 Å². The van der Waals surface area contributed by atoms with Crippen molar-refractivity contribution < 1.29 is 48.3 Å². The summed E-state index contributed by atoms with van der Waals surface area (Å²) in [5.41, 5.74) is 13.3. The highest BCUT2D eigenvalue weighted by molar-refractivity contribution is 6.01. The van der Waals surface area contributed by atoms with Crippen molar-refractivity contribution in [1.29, 1.82) is 0 Å². The lowest BCUT2D eigenvalue weighted by Crippen LogP contribution is -2.38. The van der Waals surface area contributed by atoms with Crippen LogP contribution in [-0.2, 0) is 9.53 Å². The third-order valence-electron chi connectivity index (χ3n) is 7.97. The Kier molecular flexibility index (Phi) is 11.2. The summed E-state index contributed by atoms with van der Waals surface area (Å²) < 4.78 is 27.9. The van der Waals surface area contributed by atoms with Crippen molar-refractivity contribution in [3.63, 3.8) is 0 Å². The number of likely N-dealkylation sites (tertiary alicyclic amines) is 2. The number of anilines is 2. The SMILES string of the molecule is COc1cc(C(=O)N2CCCC2CO)c(N)cc1OCCCOc1cc(N)c(C(=O)N2CC(OC(C)=O)C[C@H]2CO)cc1OC. The van der Waals surface area contributed by atoms with E-state index in [1.165, 1.54) is 38.2 Å². The number of hydrogen-bond donors (Lipinski definition) is 4. The molecule has 2 unspecified atom stereocenters. The van der Waals surface area contributed by atoms with E-state index in [9.17, 15) is 24.6 Å². The molecule has 6 N–H and O–H groups in total. The van der Waals surface area contributed by atoms with Gasteiger partial charge >= 0.3 is 5.97 Å². The van der Waals surface area contributed by atoms with Crippen molar-refractivity contribution in [1.82, 2.24) is 9.80 Å². The predicted octanol–water partition coefficient (Wildman–Crippen LogP) is 1.45. The predicted molar refractivity (Wildman–Crippen MR) is 164 cm³/mol. The Morgan fingerprint density at radius 2 is 1.36 bits per heavy atom. The topological polar surface area (TPSA) is 196 Å². The Balaban J connectivity index is 1.35. The molecule has 0 spiro atoms. The summed E-state index contributed by atoms with van der Waals surface area (Å²) in [5, 5.41) is 19.4. The van der Waals surface area contributed by atoms with Crippen LogP contribution in [0.15, 0.2) is 24.3 Å². The lowest BCUT2D eigenvalue weighted by molar-refractivity contribution is -0.145. The molecular formula is C31H42N4O10. The summed E-state index contributed by atoms with van der Waals surface area (Å²) in [5.74, 6) is 0.205. The van der Waals surface area contributed by atoms with Crippen molar-refractivity contribution in [3.05, 3.63) is 35.4 Å². The second kappa shape index (κ2) is 15.0. The van der Waals surface area contributed by atoms with Crippen LogP contribution >= 0.6 is 0 Å². The minimum atomic E-state index is -0.516. The van der Waals surface area contributed by atoms with Crippen LogP contribution in [0.3, 0.4) is 0 Å². The molecule has 2 amide bonds. The zero-order valence-electron chi connectivity index (χ0n) is 25.8. The molecule has 2 aromatic rings. The van der Waals surface area contributed by atoms with Crippen LogP contribution in [0.4, 0.5) is 11.4 Å². The lowest BCUT2D eigenvalue weighted by atomic mass is 10.1. The first-order chi connectivity index (χ1) is 21.6. The van der Waals surface area contributed by atoms with E-state index in [1.54, 1.807) is 17.0 Å². The monoisotopic (exact) mass is 630 g/mol. The zero-order valence-corrected chi connectivity index (χ0v) is 25.8. The van der Waals surface area contributed by atoms with Crippen molar-refractivity contribution in [2.75, 3.05) is 65.2 Å². The van der Waals surface area contributed by atoms with E-state index in [-0.39, 0.29) is 67.4 Å².